The van der Waals surface area contributed by atoms with Crippen LogP contribution in [0.3, 0.4) is 0 Å². The molecule has 2 rings (SSSR count). The SMILES string of the molecule is CC(C)CN1C(=O)/C(=C/c2cccc(Br)c2)SC1=S. The van der Waals surface area contributed by atoms with Crippen LogP contribution >= 0.6 is 39.9 Å². The van der Waals surface area contributed by atoms with Crippen LogP contribution in [0.1, 0.15) is 19.4 Å². The predicted molar refractivity (Wildman–Crippen MR) is 88.9 cm³/mol. The van der Waals surface area contributed by atoms with Crippen molar-refractivity contribution >= 4 is 56.2 Å². The minimum atomic E-state index is 0.0173. The van der Waals surface area contributed by atoms with Crippen LogP contribution in [0.25, 0.3) is 6.08 Å². The average Bonchev–Trinajstić information content (AvgIpc) is 2.57. The summed E-state index contributed by atoms with van der Waals surface area (Å²) in [6.07, 6.45) is 1.89. The van der Waals surface area contributed by atoms with E-state index in [-0.39, 0.29) is 5.91 Å². The number of thioether (sulfide) groups is 1. The zero-order valence-corrected chi connectivity index (χ0v) is 13.9. The van der Waals surface area contributed by atoms with E-state index in [1.807, 2.05) is 30.3 Å². The Morgan fingerprint density at radius 2 is 2.21 bits per heavy atom. The van der Waals surface area contributed by atoms with Gasteiger partial charge in [-0.05, 0) is 29.7 Å². The van der Waals surface area contributed by atoms with Gasteiger partial charge >= 0.3 is 0 Å². The fourth-order valence-corrected chi connectivity index (χ4v) is 3.46. The van der Waals surface area contributed by atoms with Gasteiger partial charge in [0.1, 0.15) is 4.32 Å². The summed E-state index contributed by atoms with van der Waals surface area (Å²) in [5, 5.41) is 0. The zero-order chi connectivity index (χ0) is 14.0. The van der Waals surface area contributed by atoms with E-state index in [9.17, 15) is 4.79 Å². The van der Waals surface area contributed by atoms with Crippen LogP contribution in [0.2, 0.25) is 0 Å². The minimum absolute atomic E-state index is 0.0173. The first-order valence-corrected chi connectivity index (χ1v) is 8.00. The number of benzene rings is 1. The third-order valence-electron chi connectivity index (χ3n) is 2.57. The van der Waals surface area contributed by atoms with Crippen LogP contribution in [-0.4, -0.2) is 21.7 Å². The van der Waals surface area contributed by atoms with Crippen LogP contribution in [-0.2, 0) is 4.79 Å². The highest BCUT2D eigenvalue weighted by Gasteiger charge is 2.32. The number of hydrogen-bond acceptors (Lipinski definition) is 3. The molecule has 0 aromatic heterocycles. The molecule has 0 N–H and O–H groups in total. The number of rotatable bonds is 3. The first-order chi connectivity index (χ1) is 8.97. The van der Waals surface area contributed by atoms with Crippen LogP contribution in [0.15, 0.2) is 33.6 Å². The topological polar surface area (TPSA) is 20.3 Å². The molecule has 0 spiro atoms. The lowest BCUT2D eigenvalue weighted by atomic mass is 10.2. The largest absolute Gasteiger partial charge is 0.293 e. The molecular formula is C14H14BrNOS2. The monoisotopic (exact) mass is 355 g/mol. The molecule has 19 heavy (non-hydrogen) atoms. The van der Waals surface area contributed by atoms with Crippen molar-refractivity contribution in [1.29, 1.82) is 0 Å². The predicted octanol–water partition coefficient (Wildman–Crippen LogP) is 4.31. The van der Waals surface area contributed by atoms with Crippen LogP contribution in [0.5, 0.6) is 0 Å². The smallest absolute Gasteiger partial charge is 0.266 e. The van der Waals surface area contributed by atoms with Crippen molar-refractivity contribution in [1.82, 2.24) is 4.90 Å². The first kappa shape index (κ1) is 14.8. The normalized spacial score (nSPS) is 17.9. The van der Waals surface area contributed by atoms with Gasteiger partial charge in [-0.25, -0.2) is 0 Å². The Balaban J connectivity index is 2.23. The summed E-state index contributed by atoms with van der Waals surface area (Å²) in [6, 6.07) is 7.86. The lowest BCUT2D eigenvalue weighted by molar-refractivity contribution is -0.122. The van der Waals surface area contributed by atoms with E-state index in [0.29, 0.717) is 21.7 Å². The molecular weight excluding hydrogens is 342 g/mol. The van der Waals surface area contributed by atoms with Crippen molar-refractivity contribution in [3.63, 3.8) is 0 Å². The van der Waals surface area contributed by atoms with Gasteiger partial charge in [-0.2, -0.15) is 0 Å². The van der Waals surface area contributed by atoms with Gasteiger partial charge < -0.3 is 0 Å². The van der Waals surface area contributed by atoms with Crippen molar-refractivity contribution in [3.05, 3.63) is 39.2 Å². The van der Waals surface area contributed by atoms with Crippen LogP contribution in [0.4, 0.5) is 0 Å². The van der Waals surface area contributed by atoms with Crippen molar-refractivity contribution in [3.8, 4) is 0 Å². The van der Waals surface area contributed by atoms with Gasteiger partial charge in [0.2, 0.25) is 0 Å². The number of amides is 1. The summed E-state index contributed by atoms with van der Waals surface area (Å²) in [5.41, 5.74) is 0.999. The zero-order valence-electron chi connectivity index (χ0n) is 10.7. The Morgan fingerprint density at radius 1 is 1.47 bits per heavy atom. The molecule has 1 saturated heterocycles. The standard InChI is InChI=1S/C14H14BrNOS2/c1-9(2)8-16-13(17)12(19-14(16)18)7-10-4-3-5-11(15)6-10/h3-7,9H,8H2,1-2H3/b12-7-. The molecule has 0 radical (unpaired) electrons. The maximum absolute atomic E-state index is 12.3. The van der Waals surface area contributed by atoms with Gasteiger partial charge in [-0.15, -0.1) is 0 Å². The van der Waals surface area contributed by atoms with E-state index in [0.717, 1.165) is 10.0 Å². The van der Waals surface area contributed by atoms with Crippen molar-refractivity contribution in [2.24, 2.45) is 5.92 Å². The molecule has 1 aliphatic heterocycles. The molecule has 0 aliphatic carbocycles. The lowest BCUT2D eigenvalue weighted by Crippen LogP contribution is -2.31. The third-order valence-corrected chi connectivity index (χ3v) is 4.44. The minimum Gasteiger partial charge on any atom is -0.293 e. The molecule has 0 bridgehead atoms. The quantitative estimate of drug-likeness (QED) is 0.595. The van der Waals surface area contributed by atoms with Crippen molar-refractivity contribution in [2.75, 3.05) is 6.54 Å². The lowest BCUT2D eigenvalue weighted by Gasteiger charge is -2.16. The summed E-state index contributed by atoms with van der Waals surface area (Å²) in [5.74, 6) is 0.427. The van der Waals surface area contributed by atoms with Gasteiger partial charge in [-0.1, -0.05) is 65.9 Å². The van der Waals surface area contributed by atoms with E-state index >= 15 is 0 Å². The van der Waals surface area contributed by atoms with Gasteiger partial charge in [0.05, 0.1) is 4.91 Å². The third kappa shape index (κ3) is 3.68. The highest BCUT2D eigenvalue weighted by atomic mass is 79.9. The molecule has 1 fully saturated rings. The maximum Gasteiger partial charge on any atom is 0.266 e. The number of carbonyl (C=O) groups excluding carboxylic acids is 1. The van der Waals surface area contributed by atoms with Crippen LogP contribution in [0, 0.1) is 5.92 Å². The summed E-state index contributed by atoms with van der Waals surface area (Å²) >= 11 is 10.1. The second-order valence-electron chi connectivity index (χ2n) is 4.74. The van der Waals surface area contributed by atoms with Crippen molar-refractivity contribution < 1.29 is 4.79 Å². The fourth-order valence-electron chi connectivity index (χ4n) is 1.77. The van der Waals surface area contributed by atoms with Crippen molar-refractivity contribution in [2.45, 2.75) is 13.8 Å². The molecule has 1 heterocycles. The van der Waals surface area contributed by atoms with Gasteiger partial charge in [0, 0.05) is 11.0 Å². The number of thiocarbonyl (C=S) groups is 1. The Labute approximate surface area is 131 Å². The Bertz CT molecular complexity index is 554. The molecule has 2 nitrogen and oxygen atoms in total. The van der Waals surface area contributed by atoms with E-state index in [1.54, 1.807) is 4.90 Å². The molecule has 0 atom stereocenters. The molecule has 1 amide bonds. The molecule has 1 aliphatic rings. The van der Waals surface area contributed by atoms with Gasteiger partial charge in [0.15, 0.2) is 0 Å². The first-order valence-electron chi connectivity index (χ1n) is 5.98. The maximum atomic E-state index is 12.3. The average molecular weight is 356 g/mol. The van der Waals surface area contributed by atoms with Gasteiger partial charge in [0.25, 0.3) is 5.91 Å². The summed E-state index contributed by atoms with van der Waals surface area (Å²) in [6.45, 7) is 4.84. The highest BCUT2D eigenvalue weighted by Crippen LogP contribution is 2.33. The fraction of sp³-hybridized carbons (Fsp3) is 0.286. The Kier molecular flexibility index (Phi) is 4.81. The molecule has 5 heteroatoms. The highest BCUT2D eigenvalue weighted by molar-refractivity contribution is 9.10. The summed E-state index contributed by atoms with van der Waals surface area (Å²) in [7, 11) is 0. The summed E-state index contributed by atoms with van der Waals surface area (Å²) < 4.78 is 1.65. The summed E-state index contributed by atoms with van der Waals surface area (Å²) in [4.78, 5) is 14.7. The van der Waals surface area contributed by atoms with E-state index in [4.69, 9.17) is 12.2 Å². The number of nitrogens with zero attached hydrogens (tertiary/aromatic N) is 1. The van der Waals surface area contributed by atoms with E-state index in [2.05, 4.69) is 29.8 Å². The van der Waals surface area contributed by atoms with E-state index in [1.165, 1.54) is 11.8 Å². The molecule has 1 aromatic rings. The number of carbonyl (C=O) groups is 1. The second kappa shape index (κ2) is 6.20. The number of hydrogen-bond donors (Lipinski definition) is 0. The number of halogens is 1. The Morgan fingerprint density at radius 3 is 2.84 bits per heavy atom. The molecule has 100 valence electrons. The molecule has 1 aromatic carbocycles. The van der Waals surface area contributed by atoms with E-state index < -0.39 is 0 Å². The molecule has 0 unspecified atom stereocenters. The second-order valence-corrected chi connectivity index (χ2v) is 7.33. The van der Waals surface area contributed by atoms with Gasteiger partial charge in [-0.3, -0.25) is 9.69 Å². The van der Waals surface area contributed by atoms with Crippen LogP contribution < -0.4 is 0 Å². The Hall–Kier alpha value is -0.650. The molecule has 0 saturated carbocycles.